The molecule has 1 aromatic carbocycles. The van der Waals surface area contributed by atoms with Gasteiger partial charge in [-0.15, -0.1) is 0 Å². The van der Waals surface area contributed by atoms with E-state index >= 15 is 0 Å². The highest BCUT2D eigenvalue weighted by molar-refractivity contribution is 5.92. The molecule has 0 saturated heterocycles. The Morgan fingerprint density at radius 2 is 1.77 bits per heavy atom. The Bertz CT molecular complexity index is 689. The Morgan fingerprint density at radius 1 is 1.12 bits per heavy atom. The monoisotopic (exact) mass is 356 g/mol. The van der Waals surface area contributed by atoms with Gasteiger partial charge in [-0.05, 0) is 44.1 Å². The molecule has 2 aromatic rings. The van der Waals surface area contributed by atoms with Gasteiger partial charge in [0.1, 0.15) is 0 Å². The third kappa shape index (κ3) is 5.18. The molecule has 2 rings (SSSR count). The molecule has 1 amide bonds. The van der Waals surface area contributed by atoms with E-state index in [-0.39, 0.29) is 5.91 Å². The lowest BCUT2D eigenvalue weighted by molar-refractivity contribution is 0.0710. The van der Waals surface area contributed by atoms with E-state index in [2.05, 4.69) is 37.7 Å². The summed E-state index contributed by atoms with van der Waals surface area (Å²) >= 11 is 0. The van der Waals surface area contributed by atoms with Crippen LogP contribution in [0.1, 0.15) is 43.9 Å². The van der Waals surface area contributed by atoms with Crippen molar-refractivity contribution in [2.75, 3.05) is 32.7 Å². The number of likely N-dealkylation sites (N-methyl/N-ethyl adjacent to an activating group) is 1. The Labute approximate surface area is 157 Å². The third-order valence-electron chi connectivity index (χ3n) is 4.56. The van der Waals surface area contributed by atoms with Crippen molar-refractivity contribution in [3.8, 4) is 5.69 Å². The highest BCUT2D eigenvalue weighted by Crippen LogP contribution is 2.14. The van der Waals surface area contributed by atoms with Gasteiger partial charge in [-0.25, -0.2) is 4.68 Å². The van der Waals surface area contributed by atoms with Gasteiger partial charge in [0.05, 0.1) is 5.69 Å². The van der Waals surface area contributed by atoms with Gasteiger partial charge < -0.3 is 9.80 Å². The SMILES string of the molecule is CCN(CC)CCN(CC(C)C)C(=O)c1cc(C)n(-c2ccccc2)n1. The molecule has 0 fully saturated rings. The molecule has 0 unspecified atom stereocenters. The maximum Gasteiger partial charge on any atom is 0.274 e. The predicted molar refractivity (Wildman–Crippen MR) is 107 cm³/mol. The molecule has 0 N–H and O–H groups in total. The Kier molecular flexibility index (Phi) is 7.39. The van der Waals surface area contributed by atoms with Gasteiger partial charge >= 0.3 is 0 Å². The minimum Gasteiger partial charge on any atom is -0.336 e. The molecule has 0 atom stereocenters. The van der Waals surface area contributed by atoms with Crippen LogP contribution in [-0.2, 0) is 0 Å². The molecule has 0 aliphatic heterocycles. The van der Waals surface area contributed by atoms with Crippen LogP contribution in [0.2, 0.25) is 0 Å². The maximum atomic E-state index is 13.1. The number of hydrogen-bond acceptors (Lipinski definition) is 3. The van der Waals surface area contributed by atoms with Crippen molar-refractivity contribution in [2.45, 2.75) is 34.6 Å². The summed E-state index contributed by atoms with van der Waals surface area (Å²) in [5.74, 6) is 0.441. The molecule has 1 aromatic heterocycles. The fourth-order valence-electron chi connectivity index (χ4n) is 3.09. The number of rotatable bonds is 9. The largest absolute Gasteiger partial charge is 0.336 e. The van der Waals surface area contributed by atoms with Gasteiger partial charge in [0.2, 0.25) is 0 Å². The molecular formula is C21H32N4O. The van der Waals surface area contributed by atoms with E-state index in [9.17, 15) is 4.79 Å². The highest BCUT2D eigenvalue weighted by Gasteiger charge is 2.21. The summed E-state index contributed by atoms with van der Waals surface area (Å²) in [7, 11) is 0. The van der Waals surface area contributed by atoms with Crippen LogP contribution >= 0.6 is 0 Å². The summed E-state index contributed by atoms with van der Waals surface area (Å²) in [6, 6.07) is 11.8. The van der Waals surface area contributed by atoms with Gasteiger partial charge in [0.25, 0.3) is 5.91 Å². The van der Waals surface area contributed by atoms with Crippen LogP contribution < -0.4 is 0 Å². The van der Waals surface area contributed by atoms with Gasteiger partial charge in [0.15, 0.2) is 5.69 Å². The average Bonchev–Trinajstić information content (AvgIpc) is 3.03. The molecule has 26 heavy (non-hydrogen) atoms. The fraction of sp³-hybridized carbons (Fsp3) is 0.524. The number of para-hydroxylation sites is 1. The molecule has 0 aliphatic carbocycles. The van der Waals surface area contributed by atoms with E-state index in [0.717, 1.165) is 44.1 Å². The Morgan fingerprint density at radius 3 is 2.35 bits per heavy atom. The van der Waals surface area contributed by atoms with E-state index in [1.807, 2.05) is 52.9 Å². The van der Waals surface area contributed by atoms with Crippen molar-refractivity contribution in [1.82, 2.24) is 19.6 Å². The molecule has 0 saturated carbocycles. The second kappa shape index (κ2) is 9.53. The van der Waals surface area contributed by atoms with Gasteiger partial charge in [-0.1, -0.05) is 45.9 Å². The number of aromatic nitrogens is 2. The first-order chi connectivity index (χ1) is 12.5. The van der Waals surface area contributed by atoms with Crippen molar-refractivity contribution in [1.29, 1.82) is 0 Å². The summed E-state index contributed by atoms with van der Waals surface area (Å²) in [4.78, 5) is 17.4. The van der Waals surface area contributed by atoms with Crippen LogP contribution in [0.4, 0.5) is 0 Å². The number of carbonyl (C=O) groups is 1. The number of nitrogens with zero attached hydrogens (tertiary/aromatic N) is 4. The molecule has 5 heteroatoms. The normalized spacial score (nSPS) is 11.3. The molecule has 0 spiro atoms. The zero-order valence-electron chi connectivity index (χ0n) is 16.8. The van der Waals surface area contributed by atoms with E-state index < -0.39 is 0 Å². The molecule has 0 bridgehead atoms. The summed E-state index contributed by atoms with van der Waals surface area (Å²) in [5.41, 5.74) is 2.46. The molecule has 142 valence electrons. The van der Waals surface area contributed by atoms with Gasteiger partial charge in [-0.2, -0.15) is 5.10 Å². The van der Waals surface area contributed by atoms with E-state index in [4.69, 9.17) is 0 Å². The highest BCUT2D eigenvalue weighted by atomic mass is 16.2. The molecule has 0 aliphatic rings. The van der Waals surface area contributed by atoms with E-state index in [1.54, 1.807) is 0 Å². The van der Waals surface area contributed by atoms with Crippen molar-refractivity contribution in [3.63, 3.8) is 0 Å². The van der Waals surface area contributed by atoms with Crippen LogP contribution in [0.3, 0.4) is 0 Å². The minimum absolute atomic E-state index is 0.0173. The van der Waals surface area contributed by atoms with Crippen molar-refractivity contribution in [2.24, 2.45) is 5.92 Å². The van der Waals surface area contributed by atoms with Crippen LogP contribution in [0, 0.1) is 12.8 Å². The van der Waals surface area contributed by atoms with Crippen LogP contribution in [0.25, 0.3) is 5.69 Å². The first-order valence-corrected chi connectivity index (χ1v) is 9.59. The number of hydrogen-bond donors (Lipinski definition) is 0. The zero-order valence-corrected chi connectivity index (χ0v) is 16.8. The Balaban J connectivity index is 2.19. The van der Waals surface area contributed by atoms with Crippen LogP contribution in [0.5, 0.6) is 0 Å². The third-order valence-corrected chi connectivity index (χ3v) is 4.56. The maximum absolute atomic E-state index is 13.1. The van der Waals surface area contributed by atoms with Gasteiger partial charge in [0, 0.05) is 25.3 Å². The molecule has 0 radical (unpaired) electrons. The lowest BCUT2D eigenvalue weighted by Crippen LogP contribution is -2.40. The standard InChI is InChI=1S/C21H32N4O/c1-6-23(7-2)13-14-24(16-17(3)4)21(26)20-15-18(5)25(22-20)19-11-9-8-10-12-19/h8-12,15,17H,6-7,13-14,16H2,1-5H3. The first-order valence-electron chi connectivity index (χ1n) is 9.59. The summed E-state index contributed by atoms with van der Waals surface area (Å²) < 4.78 is 1.84. The van der Waals surface area contributed by atoms with Crippen molar-refractivity contribution < 1.29 is 4.79 Å². The smallest absolute Gasteiger partial charge is 0.274 e. The Hall–Kier alpha value is -2.14. The minimum atomic E-state index is 0.0173. The van der Waals surface area contributed by atoms with Crippen LogP contribution in [0.15, 0.2) is 36.4 Å². The van der Waals surface area contributed by atoms with Crippen LogP contribution in [-0.4, -0.2) is 58.2 Å². The zero-order chi connectivity index (χ0) is 19.1. The molecule has 5 nitrogen and oxygen atoms in total. The summed E-state index contributed by atoms with van der Waals surface area (Å²) in [5, 5.41) is 4.59. The van der Waals surface area contributed by atoms with Crippen molar-refractivity contribution in [3.05, 3.63) is 47.8 Å². The molecule has 1 heterocycles. The lowest BCUT2D eigenvalue weighted by atomic mass is 10.2. The number of amides is 1. The van der Waals surface area contributed by atoms with E-state index in [1.165, 1.54) is 0 Å². The molecular weight excluding hydrogens is 324 g/mol. The van der Waals surface area contributed by atoms with E-state index in [0.29, 0.717) is 11.6 Å². The quantitative estimate of drug-likeness (QED) is 0.689. The average molecular weight is 357 g/mol. The first kappa shape index (κ1) is 20.2. The number of carbonyl (C=O) groups excluding carboxylic acids is 1. The second-order valence-electron chi connectivity index (χ2n) is 7.09. The topological polar surface area (TPSA) is 41.4 Å². The summed E-state index contributed by atoms with van der Waals surface area (Å²) in [6.07, 6.45) is 0. The van der Waals surface area contributed by atoms with Crippen molar-refractivity contribution >= 4 is 5.91 Å². The van der Waals surface area contributed by atoms with Gasteiger partial charge in [-0.3, -0.25) is 4.79 Å². The number of aryl methyl sites for hydroxylation is 1. The fourth-order valence-corrected chi connectivity index (χ4v) is 3.09. The predicted octanol–water partition coefficient (Wildman–Crippen LogP) is 3.62. The summed E-state index contributed by atoms with van der Waals surface area (Å²) in [6.45, 7) is 15.0. The number of benzene rings is 1. The lowest BCUT2D eigenvalue weighted by Gasteiger charge is -2.27. The second-order valence-corrected chi connectivity index (χ2v) is 7.09.